The fourth-order valence-electron chi connectivity index (χ4n) is 2.03. The first kappa shape index (κ1) is 15.2. The van der Waals surface area contributed by atoms with E-state index in [2.05, 4.69) is 38.0 Å². The van der Waals surface area contributed by atoms with Crippen LogP contribution in [0, 0.1) is 0 Å². The van der Waals surface area contributed by atoms with E-state index in [-0.39, 0.29) is 0 Å². The fourth-order valence-corrected chi connectivity index (χ4v) is 2.66. The number of fused-ring (bicyclic) bond motifs is 1. The van der Waals surface area contributed by atoms with Gasteiger partial charge in [-0.05, 0) is 19.2 Å². The summed E-state index contributed by atoms with van der Waals surface area (Å²) in [7, 11) is -0.801. The molecule has 0 aliphatic carbocycles. The minimum Gasteiger partial charge on any atom is -0.542 e. The SMILES string of the molecule is C[Si](C)Oc1ccccc1CN=Cc1ncc2nccnc2n1. The fraction of sp³-hybridized carbons (Fsp3) is 0.188. The lowest BCUT2D eigenvalue weighted by molar-refractivity contribution is 0.572. The van der Waals surface area contributed by atoms with Gasteiger partial charge in [-0.25, -0.2) is 19.9 Å². The molecular formula is C16H16N5OSi. The van der Waals surface area contributed by atoms with Gasteiger partial charge in [0.25, 0.3) is 9.04 Å². The first-order valence-corrected chi connectivity index (χ1v) is 9.63. The smallest absolute Gasteiger partial charge is 0.274 e. The summed E-state index contributed by atoms with van der Waals surface area (Å²) < 4.78 is 5.88. The molecule has 3 aromatic rings. The van der Waals surface area contributed by atoms with Gasteiger partial charge in [-0.3, -0.25) is 4.99 Å². The molecule has 1 aromatic carbocycles. The predicted molar refractivity (Wildman–Crippen MR) is 91.0 cm³/mol. The Hall–Kier alpha value is -2.67. The van der Waals surface area contributed by atoms with Crippen molar-refractivity contribution in [2.24, 2.45) is 4.99 Å². The Morgan fingerprint density at radius 2 is 1.96 bits per heavy atom. The summed E-state index contributed by atoms with van der Waals surface area (Å²) in [4.78, 5) is 21.3. The second-order valence-electron chi connectivity index (χ2n) is 5.08. The summed E-state index contributed by atoms with van der Waals surface area (Å²) in [6.07, 6.45) is 6.53. The van der Waals surface area contributed by atoms with Crippen molar-refractivity contribution in [2.75, 3.05) is 0 Å². The van der Waals surface area contributed by atoms with E-state index in [9.17, 15) is 0 Å². The van der Waals surface area contributed by atoms with Crippen LogP contribution in [0.15, 0.2) is 47.8 Å². The summed E-state index contributed by atoms with van der Waals surface area (Å²) in [5, 5.41) is 0. The van der Waals surface area contributed by atoms with Crippen molar-refractivity contribution >= 4 is 26.4 Å². The number of para-hydroxylation sites is 1. The van der Waals surface area contributed by atoms with Crippen LogP contribution < -0.4 is 4.43 Å². The van der Waals surface area contributed by atoms with Crippen LogP contribution in [0.3, 0.4) is 0 Å². The molecule has 0 amide bonds. The number of hydrogen-bond donors (Lipinski definition) is 0. The number of rotatable bonds is 5. The van der Waals surface area contributed by atoms with E-state index in [1.807, 2.05) is 24.3 Å². The van der Waals surface area contributed by atoms with Crippen molar-refractivity contribution in [1.82, 2.24) is 19.9 Å². The van der Waals surface area contributed by atoms with Gasteiger partial charge in [0.05, 0.1) is 19.0 Å². The molecule has 0 aliphatic rings. The number of benzene rings is 1. The highest BCUT2D eigenvalue weighted by Crippen LogP contribution is 2.19. The summed E-state index contributed by atoms with van der Waals surface area (Å²) in [6, 6.07) is 7.95. The van der Waals surface area contributed by atoms with Gasteiger partial charge in [-0.15, -0.1) is 0 Å². The van der Waals surface area contributed by atoms with Gasteiger partial charge in [0.2, 0.25) is 0 Å². The van der Waals surface area contributed by atoms with Crippen molar-refractivity contribution in [1.29, 1.82) is 0 Å². The van der Waals surface area contributed by atoms with Crippen LogP contribution in [0.25, 0.3) is 11.2 Å². The van der Waals surface area contributed by atoms with Gasteiger partial charge in [-0.1, -0.05) is 18.2 Å². The summed E-state index contributed by atoms with van der Waals surface area (Å²) in [5.41, 5.74) is 2.29. The molecule has 0 atom stereocenters. The zero-order valence-corrected chi connectivity index (χ0v) is 14.0. The van der Waals surface area contributed by atoms with Crippen LogP contribution >= 0.6 is 0 Å². The van der Waals surface area contributed by atoms with Crippen LogP contribution in [-0.4, -0.2) is 35.2 Å². The molecule has 0 bridgehead atoms. The van der Waals surface area contributed by atoms with Crippen LogP contribution in [-0.2, 0) is 6.54 Å². The van der Waals surface area contributed by atoms with Gasteiger partial charge in [0.15, 0.2) is 11.5 Å². The largest absolute Gasteiger partial charge is 0.542 e. The third-order valence-corrected chi connectivity index (χ3v) is 3.63. The Balaban J connectivity index is 1.75. The quantitative estimate of drug-likeness (QED) is 0.533. The summed E-state index contributed by atoms with van der Waals surface area (Å²) in [6.45, 7) is 4.73. The maximum Gasteiger partial charge on any atom is 0.274 e. The van der Waals surface area contributed by atoms with Gasteiger partial charge >= 0.3 is 0 Å². The Morgan fingerprint density at radius 3 is 2.83 bits per heavy atom. The monoisotopic (exact) mass is 322 g/mol. The molecule has 0 unspecified atom stereocenters. The van der Waals surface area contributed by atoms with Crippen LogP contribution in [0.4, 0.5) is 0 Å². The second kappa shape index (κ2) is 7.06. The van der Waals surface area contributed by atoms with E-state index in [4.69, 9.17) is 4.43 Å². The van der Waals surface area contributed by atoms with Gasteiger partial charge in [0, 0.05) is 18.0 Å². The lowest BCUT2D eigenvalue weighted by Gasteiger charge is -2.11. The number of hydrogen-bond acceptors (Lipinski definition) is 6. The van der Waals surface area contributed by atoms with E-state index in [0.717, 1.165) is 11.3 Å². The molecule has 0 saturated heterocycles. The molecular weight excluding hydrogens is 306 g/mol. The van der Waals surface area contributed by atoms with Crippen molar-refractivity contribution in [3.05, 3.63) is 54.2 Å². The third kappa shape index (κ3) is 3.95. The highest BCUT2D eigenvalue weighted by molar-refractivity contribution is 6.49. The van der Waals surface area contributed by atoms with Crippen LogP contribution in [0.5, 0.6) is 5.75 Å². The average molecular weight is 322 g/mol. The van der Waals surface area contributed by atoms with Crippen LogP contribution in [0.2, 0.25) is 13.1 Å². The van der Waals surface area contributed by atoms with E-state index in [1.54, 1.807) is 24.8 Å². The maximum atomic E-state index is 5.88. The number of nitrogens with zero attached hydrogens (tertiary/aromatic N) is 5. The van der Waals surface area contributed by atoms with Crippen molar-refractivity contribution in [2.45, 2.75) is 19.6 Å². The lowest BCUT2D eigenvalue weighted by atomic mass is 10.2. The standard InChI is InChI=1S/C16H16N5OSi/c1-23(2)22-14-6-4-3-5-12(14)9-17-11-15-20-10-13-16(21-15)19-8-7-18-13/h3-8,10-11H,9H2,1-2H3. The van der Waals surface area contributed by atoms with E-state index in [1.165, 1.54) is 0 Å². The van der Waals surface area contributed by atoms with E-state index < -0.39 is 9.04 Å². The Morgan fingerprint density at radius 1 is 1.13 bits per heavy atom. The zero-order chi connectivity index (χ0) is 16.1. The molecule has 1 radical (unpaired) electrons. The number of aromatic nitrogens is 4. The average Bonchev–Trinajstić information content (AvgIpc) is 2.56. The Kier molecular flexibility index (Phi) is 4.67. The second-order valence-corrected chi connectivity index (χ2v) is 7.10. The van der Waals surface area contributed by atoms with Gasteiger partial charge in [-0.2, -0.15) is 0 Å². The van der Waals surface area contributed by atoms with Crippen molar-refractivity contribution < 1.29 is 4.43 Å². The molecule has 2 aromatic heterocycles. The maximum absolute atomic E-state index is 5.88. The van der Waals surface area contributed by atoms with Crippen molar-refractivity contribution in [3.63, 3.8) is 0 Å². The molecule has 3 rings (SSSR count). The minimum absolute atomic E-state index is 0.520. The Bertz CT molecular complexity index is 837. The van der Waals surface area contributed by atoms with E-state index >= 15 is 0 Å². The van der Waals surface area contributed by atoms with E-state index in [0.29, 0.717) is 23.5 Å². The van der Waals surface area contributed by atoms with Crippen LogP contribution in [0.1, 0.15) is 11.4 Å². The first-order valence-electron chi connectivity index (χ1n) is 7.22. The zero-order valence-electron chi connectivity index (χ0n) is 13.0. The highest BCUT2D eigenvalue weighted by atomic mass is 28.3. The Labute approximate surface area is 136 Å². The molecule has 0 N–H and O–H groups in total. The summed E-state index contributed by atoms with van der Waals surface area (Å²) >= 11 is 0. The third-order valence-electron chi connectivity index (χ3n) is 3.00. The molecule has 6 nitrogen and oxygen atoms in total. The highest BCUT2D eigenvalue weighted by Gasteiger charge is 2.05. The first-order chi connectivity index (χ1) is 11.2. The molecule has 0 aliphatic heterocycles. The molecule has 115 valence electrons. The molecule has 0 fully saturated rings. The minimum atomic E-state index is -0.801. The molecule has 23 heavy (non-hydrogen) atoms. The normalized spacial score (nSPS) is 11.4. The molecule has 0 spiro atoms. The van der Waals surface area contributed by atoms with Crippen molar-refractivity contribution in [3.8, 4) is 5.75 Å². The van der Waals surface area contributed by atoms with Gasteiger partial charge in [0.1, 0.15) is 11.3 Å². The topological polar surface area (TPSA) is 73.2 Å². The molecule has 2 heterocycles. The lowest BCUT2D eigenvalue weighted by Crippen LogP contribution is -2.12. The number of aliphatic imine (C=N–C) groups is 1. The summed E-state index contributed by atoms with van der Waals surface area (Å²) in [5.74, 6) is 1.42. The predicted octanol–water partition coefficient (Wildman–Crippen LogP) is 2.67. The van der Waals surface area contributed by atoms with Gasteiger partial charge < -0.3 is 4.43 Å². The molecule has 0 saturated carbocycles. The molecule has 7 heteroatoms.